The van der Waals surface area contributed by atoms with Crippen molar-refractivity contribution >= 4 is 34.0 Å². The Morgan fingerprint density at radius 1 is 0.966 bits per heavy atom. The summed E-state index contributed by atoms with van der Waals surface area (Å²) >= 11 is 0. The summed E-state index contributed by atoms with van der Waals surface area (Å²) in [7, 11) is -1.94. The van der Waals surface area contributed by atoms with Crippen LogP contribution in [0.4, 0.5) is 28.9 Å². The topological polar surface area (TPSA) is 75.3 Å². The van der Waals surface area contributed by atoms with Gasteiger partial charge in [-0.25, -0.2) is 4.39 Å². The van der Waals surface area contributed by atoms with E-state index in [9.17, 15) is 31.4 Å². The molecule has 0 bridgehead atoms. The van der Waals surface area contributed by atoms with Gasteiger partial charge in [0.2, 0.25) is 11.8 Å². The molecule has 0 saturated carbocycles. The smallest absolute Gasteiger partial charge is 0.325 e. The Morgan fingerprint density at radius 3 is 2.07 bits per heavy atom. The van der Waals surface area contributed by atoms with Crippen molar-refractivity contribution in [2.75, 3.05) is 22.1 Å². The van der Waals surface area contributed by atoms with Crippen LogP contribution in [0.3, 0.4) is 0 Å². The summed E-state index contributed by atoms with van der Waals surface area (Å²) < 4.78 is 63.8. The molecule has 2 aromatic carbocycles. The lowest BCUT2D eigenvalue weighted by molar-refractivity contribution is -0.137. The molecule has 0 unspecified atom stereocenters. The van der Waals surface area contributed by atoms with Crippen LogP contribution in [0.15, 0.2) is 36.4 Å². The van der Waals surface area contributed by atoms with E-state index in [-0.39, 0.29) is 0 Å². The molecule has 29 heavy (non-hydrogen) atoms. The summed E-state index contributed by atoms with van der Waals surface area (Å²) in [6.45, 7) is 3.58. The molecule has 2 amide bonds. The number of para-hydroxylation sites is 1. The zero-order valence-electron chi connectivity index (χ0n) is 15.5. The molecule has 156 valence electrons. The lowest BCUT2D eigenvalue weighted by Crippen LogP contribution is -2.27. The highest BCUT2D eigenvalue weighted by atomic mass is 32.2. The number of alkyl halides is 3. The van der Waals surface area contributed by atoms with E-state index in [2.05, 4.69) is 5.32 Å². The first kappa shape index (κ1) is 22.5. The molecule has 0 aliphatic carbocycles. The molecule has 5 nitrogen and oxygen atoms in total. The molecular weight excluding hydrogens is 412 g/mol. The monoisotopic (exact) mass is 430 g/mol. The third-order valence-corrected chi connectivity index (χ3v) is 5.07. The van der Waals surface area contributed by atoms with E-state index in [1.807, 2.05) is 11.4 Å². The highest BCUT2D eigenvalue weighted by Crippen LogP contribution is 2.31. The van der Waals surface area contributed by atoms with Crippen LogP contribution in [-0.2, 0) is 26.6 Å². The van der Waals surface area contributed by atoms with Gasteiger partial charge in [-0.1, -0.05) is 18.2 Å². The molecule has 2 N–H and O–H groups in total. The number of benzene rings is 2. The lowest BCUT2D eigenvalue weighted by atomic mass is 10.1. The van der Waals surface area contributed by atoms with Crippen molar-refractivity contribution in [1.29, 1.82) is 0 Å². The van der Waals surface area contributed by atoms with Gasteiger partial charge in [0.25, 0.3) is 0 Å². The van der Waals surface area contributed by atoms with Gasteiger partial charge in [-0.3, -0.25) is 13.8 Å². The van der Waals surface area contributed by atoms with E-state index < -0.39 is 57.4 Å². The Hall–Kier alpha value is -2.75. The number of carbonyl (C=O) groups excluding carboxylic acids is 2. The molecule has 0 heterocycles. The van der Waals surface area contributed by atoms with Crippen LogP contribution >= 0.6 is 0 Å². The fourth-order valence-corrected chi connectivity index (χ4v) is 3.35. The van der Waals surface area contributed by atoms with Gasteiger partial charge >= 0.3 is 6.18 Å². The van der Waals surface area contributed by atoms with Gasteiger partial charge in [0, 0.05) is 16.5 Å². The van der Waals surface area contributed by atoms with Crippen molar-refractivity contribution in [3.63, 3.8) is 0 Å². The van der Waals surface area contributed by atoms with Crippen LogP contribution in [0.25, 0.3) is 0 Å². The van der Waals surface area contributed by atoms with Gasteiger partial charge < -0.3 is 10.6 Å². The number of rotatable bonds is 6. The second-order valence-corrected chi connectivity index (χ2v) is 7.74. The van der Waals surface area contributed by atoms with E-state index in [0.29, 0.717) is 23.9 Å². The van der Waals surface area contributed by atoms with Gasteiger partial charge in [-0.05, 0) is 43.2 Å². The SMILES string of the molecule is Cc1cccc(C)c1NC(=O)C[S@@](=O)CC(=O)Nc1cc(C(F)(F)F)ccc1F. The van der Waals surface area contributed by atoms with Crippen LogP contribution in [0, 0.1) is 19.7 Å². The minimum atomic E-state index is -4.71. The van der Waals surface area contributed by atoms with E-state index in [1.54, 1.807) is 26.0 Å². The molecule has 0 aliphatic rings. The van der Waals surface area contributed by atoms with Crippen LogP contribution in [0.1, 0.15) is 16.7 Å². The standard InChI is InChI=1S/C19H18F4N2O3S/c1-11-4-3-5-12(2)18(11)25-17(27)10-29(28)9-16(26)24-15-8-13(19(21,22)23)6-7-14(15)20/h3-8H,9-10H2,1-2H3,(H,24,26)(H,25,27)/t29-/m0/s1. The first-order chi connectivity index (χ1) is 13.5. The minimum absolute atomic E-state index is 0.448. The van der Waals surface area contributed by atoms with Crippen molar-refractivity contribution in [2.24, 2.45) is 0 Å². The van der Waals surface area contributed by atoms with Crippen molar-refractivity contribution < 1.29 is 31.4 Å². The largest absolute Gasteiger partial charge is 0.416 e. The predicted octanol–water partition coefficient (Wildman–Crippen LogP) is 3.79. The zero-order chi connectivity index (χ0) is 21.8. The number of amides is 2. The fourth-order valence-electron chi connectivity index (χ4n) is 2.51. The number of anilines is 2. The molecule has 0 aliphatic heterocycles. The normalized spacial score (nSPS) is 12.3. The number of aryl methyl sites for hydroxylation is 2. The number of hydrogen-bond donors (Lipinski definition) is 2. The highest BCUT2D eigenvalue weighted by molar-refractivity contribution is 7.86. The molecule has 0 radical (unpaired) electrons. The molecule has 0 spiro atoms. The molecule has 0 aromatic heterocycles. The summed E-state index contributed by atoms with van der Waals surface area (Å²) in [6.07, 6.45) is -4.71. The van der Waals surface area contributed by atoms with Crippen LogP contribution in [-0.4, -0.2) is 27.5 Å². The third-order valence-electron chi connectivity index (χ3n) is 3.90. The zero-order valence-corrected chi connectivity index (χ0v) is 16.3. The average Bonchev–Trinajstić information content (AvgIpc) is 2.59. The van der Waals surface area contributed by atoms with E-state index in [4.69, 9.17) is 0 Å². The average molecular weight is 430 g/mol. The van der Waals surface area contributed by atoms with Crippen molar-refractivity contribution in [3.05, 3.63) is 58.9 Å². The van der Waals surface area contributed by atoms with Gasteiger partial charge in [0.05, 0.1) is 11.3 Å². The van der Waals surface area contributed by atoms with Crippen LogP contribution in [0.5, 0.6) is 0 Å². The van der Waals surface area contributed by atoms with E-state index in [1.165, 1.54) is 0 Å². The Kier molecular flexibility index (Phi) is 7.12. The van der Waals surface area contributed by atoms with Crippen molar-refractivity contribution in [1.82, 2.24) is 0 Å². The molecule has 0 saturated heterocycles. The number of halogens is 4. The second kappa shape index (κ2) is 9.17. The first-order valence-corrected chi connectivity index (χ1v) is 9.84. The maximum absolute atomic E-state index is 13.7. The lowest BCUT2D eigenvalue weighted by Gasteiger charge is -2.12. The Labute approximate surface area is 167 Å². The van der Waals surface area contributed by atoms with Crippen LogP contribution < -0.4 is 10.6 Å². The number of carbonyl (C=O) groups is 2. The van der Waals surface area contributed by atoms with E-state index in [0.717, 1.165) is 11.1 Å². The Morgan fingerprint density at radius 2 is 1.52 bits per heavy atom. The fraction of sp³-hybridized carbons (Fsp3) is 0.263. The first-order valence-electron chi connectivity index (χ1n) is 8.35. The molecular formula is C19H18F4N2O3S. The minimum Gasteiger partial charge on any atom is -0.325 e. The highest BCUT2D eigenvalue weighted by Gasteiger charge is 2.31. The molecule has 0 fully saturated rings. The maximum atomic E-state index is 13.7. The van der Waals surface area contributed by atoms with Crippen molar-refractivity contribution in [2.45, 2.75) is 20.0 Å². The van der Waals surface area contributed by atoms with E-state index >= 15 is 0 Å². The second-order valence-electron chi connectivity index (χ2n) is 6.28. The number of hydrogen-bond acceptors (Lipinski definition) is 3. The summed E-state index contributed by atoms with van der Waals surface area (Å²) in [5.41, 5.74) is 0.374. The van der Waals surface area contributed by atoms with Gasteiger partial charge in [-0.2, -0.15) is 13.2 Å². The van der Waals surface area contributed by atoms with Gasteiger partial charge in [0.15, 0.2) is 0 Å². The van der Waals surface area contributed by atoms with Crippen molar-refractivity contribution in [3.8, 4) is 0 Å². The number of nitrogens with one attached hydrogen (secondary N) is 2. The quantitative estimate of drug-likeness (QED) is 0.685. The molecule has 10 heteroatoms. The Bertz CT molecular complexity index is 941. The molecule has 2 rings (SSSR count). The summed E-state index contributed by atoms with van der Waals surface area (Å²) in [4.78, 5) is 24.0. The van der Waals surface area contributed by atoms with Crippen LogP contribution in [0.2, 0.25) is 0 Å². The Balaban J connectivity index is 1.96. The third kappa shape index (κ3) is 6.38. The van der Waals surface area contributed by atoms with Gasteiger partial charge in [-0.15, -0.1) is 0 Å². The maximum Gasteiger partial charge on any atom is 0.416 e. The summed E-state index contributed by atoms with van der Waals surface area (Å²) in [6, 6.07) is 6.96. The molecule has 2 aromatic rings. The summed E-state index contributed by atoms with van der Waals surface area (Å²) in [5.74, 6) is -3.78. The van der Waals surface area contributed by atoms with Gasteiger partial charge in [0.1, 0.15) is 17.3 Å². The molecule has 1 atom stereocenters. The predicted molar refractivity (Wildman–Crippen MR) is 102 cm³/mol. The summed E-state index contributed by atoms with van der Waals surface area (Å²) in [5, 5.41) is 4.57.